The first-order valence-electron chi connectivity index (χ1n) is 6.37. The maximum atomic E-state index is 12.1. The van der Waals surface area contributed by atoms with Gasteiger partial charge in [0.15, 0.2) is 9.84 Å². The zero-order valence-electron chi connectivity index (χ0n) is 11.2. The minimum Gasteiger partial charge on any atom is -0.337 e. The third-order valence-electron chi connectivity index (χ3n) is 3.45. The average molecular weight is 292 g/mol. The summed E-state index contributed by atoms with van der Waals surface area (Å²) in [6.45, 7) is 1.64. The molecule has 0 saturated heterocycles. The summed E-state index contributed by atoms with van der Waals surface area (Å²) in [6.07, 6.45) is 1.77. The fourth-order valence-electron chi connectivity index (χ4n) is 2.09. The van der Waals surface area contributed by atoms with E-state index < -0.39 is 27.0 Å². The van der Waals surface area contributed by atoms with E-state index in [0.717, 1.165) is 12.8 Å². The van der Waals surface area contributed by atoms with Gasteiger partial charge in [-0.2, -0.15) is 5.26 Å². The zero-order valence-corrected chi connectivity index (χ0v) is 12.0. The second-order valence-electron chi connectivity index (χ2n) is 5.21. The van der Waals surface area contributed by atoms with Crippen LogP contribution < -0.4 is 5.32 Å². The number of nitrogens with one attached hydrogen (secondary N) is 1. The standard InChI is InChI=1S/C14H16N2O3S/c1-14(10-15,11-7-8-11)16-13(17)9-20(18,19)12-5-3-2-4-6-12/h2-6,11H,7-9H2,1H3,(H,16,17). The number of hydrogen-bond acceptors (Lipinski definition) is 4. The Morgan fingerprint density at radius 2 is 2.00 bits per heavy atom. The van der Waals surface area contributed by atoms with Crippen molar-refractivity contribution < 1.29 is 13.2 Å². The molecule has 2 rings (SSSR count). The van der Waals surface area contributed by atoms with E-state index >= 15 is 0 Å². The van der Waals surface area contributed by atoms with Gasteiger partial charge in [0, 0.05) is 0 Å². The first kappa shape index (κ1) is 14.5. The SMILES string of the molecule is CC(C#N)(NC(=O)CS(=O)(=O)c1ccccc1)C1CC1. The monoisotopic (exact) mass is 292 g/mol. The summed E-state index contributed by atoms with van der Waals surface area (Å²) in [5, 5.41) is 11.7. The number of amides is 1. The Morgan fingerprint density at radius 3 is 2.50 bits per heavy atom. The first-order chi connectivity index (χ1) is 9.37. The maximum Gasteiger partial charge on any atom is 0.236 e. The number of rotatable bonds is 5. The highest BCUT2D eigenvalue weighted by molar-refractivity contribution is 7.92. The molecular weight excluding hydrogens is 276 g/mol. The Morgan fingerprint density at radius 1 is 1.40 bits per heavy atom. The lowest BCUT2D eigenvalue weighted by Gasteiger charge is -2.22. The molecule has 0 aliphatic heterocycles. The number of carbonyl (C=O) groups excluding carboxylic acids is 1. The van der Waals surface area contributed by atoms with Crippen LogP contribution >= 0.6 is 0 Å². The molecule has 20 heavy (non-hydrogen) atoms. The third-order valence-corrected chi connectivity index (χ3v) is 5.08. The second-order valence-corrected chi connectivity index (χ2v) is 7.20. The van der Waals surface area contributed by atoms with Crippen molar-refractivity contribution in [1.29, 1.82) is 5.26 Å². The predicted molar refractivity (Wildman–Crippen MR) is 73.4 cm³/mol. The summed E-state index contributed by atoms with van der Waals surface area (Å²) < 4.78 is 24.1. The molecule has 1 atom stereocenters. The number of nitrogens with zero attached hydrogens (tertiary/aromatic N) is 1. The van der Waals surface area contributed by atoms with Crippen LogP contribution in [0.15, 0.2) is 35.2 Å². The normalized spacial score (nSPS) is 17.8. The van der Waals surface area contributed by atoms with Gasteiger partial charge in [0.25, 0.3) is 0 Å². The van der Waals surface area contributed by atoms with Crippen LogP contribution in [0.5, 0.6) is 0 Å². The summed E-state index contributed by atoms with van der Waals surface area (Å²) in [7, 11) is -3.67. The van der Waals surface area contributed by atoms with Gasteiger partial charge in [0.05, 0.1) is 11.0 Å². The van der Waals surface area contributed by atoms with E-state index in [2.05, 4.69) is 11.4 Å². The highest BCUT2D eigenvalue weighted by Crippen LogP contribution is 2.39. The largest absolute Gasteiger partial charge is 0.337 e. The Hall–Kier alpha value is -1.87. The van der Waals surface area contributed by atoms with Gasteiger partial charge in [-0.05, 0) is 37.8 Å². The van der Waals surface area contributed by atoms with Crippen molar-refractivity contribution in [2.24, 2.45) is 5.92 Å². The van der Waals surface area contributed by atoms with Crippen LogP contribution in [0.1, 0.15) is 19.8 Å². The second kappa shape index (κ2) is 5.25. The molecule has 0 aromatic heterocycles. The molecule has 106 valence electrons. The molecule has 0 heterocycles. The molecule has 0 bridgehead atoms. The van der Waals surface area contributed by atoms with E-state index in [4.69, 9.17) is 5.26 Å². The van der Waals surface area contributed by atoms with Crippen LogP contribution in [0.3, 0.4) is 0 Å². The highest BCUT2D eigenvalue weighted by atomic mass is 32.2. The van der Waals surface area contributed by atoms with Gasteiger partial charge < -0.3 is 5.32 Å². The fraction of sp³-hybridized carbons (Fsp3) is 0.429. The molecule has 0 spiro atoms. The lowest BCUT2D eigenvalue weighted by molar-refractivity contribution is -0.120. The van der Waals surface area contributed by atoms with Crippen molar-refractivity contribution in [3.8, 4) is 6.07 Å². The van der Waals surface area contributed by atoms with Gasteiger partial charge in [-0.15, -0.1) is 0 Å². The highest BCUT2D eigenvalue weighted by Gasteiger charge is 2.43. The zero-order chi connectivity index (χ0) is 14.8. The van der Waals surface area contributed by atoms with Gasteiger partial charge in [-0.3, -0.25) is 4.79 Å². The number of sulfone groups is 1. The Bertz CT molecular complexity index is 645. The molecule has 1 N–H and O–H groups in total. The fourth-order valence-corrected chi connectivity index (χ4v) is 3.25. The van der Waals surface area contributed by atoms with Gasteiger partial charge in [-0.1, -0.05) is 18.2 Å². The van der Waals surface area contributed by atoms with Gasteiger partial charge in [-0.25, -0.2) is 8.42 Å². The van der Waals surface area contributed by atoms with E-state index in [0.29, 0.717) is 0 Å². The maximum absolute atomic E-state index is 12.1. The summed E-state index contributed by atoms with van der Waals surface area (Å²) in [4.78, 5) is 12.0. The van der Waals surface area contributed by atoms with Gasteiger partial charge >= 0.3 is 0 Å². The molecule has 1 saturated carbocycles. The van der Waals surface area contributed by atoms with E-state index in [1.807, 2.05) is 0 Å². The molecular formula is C14H16N2O3S. The Kier molecular flexibility index (Phi) is 3.82. The molecule has 1 aromatic rings. The van der Waals surface area contributed by atoms with E-state index in [-0.39, 0.29) is 10.8 Å². The quantitative estimate of drug-likeness (QED) is 0.885. The summed E-state index contributed by atoms with van der Waals surface area (Å²) in [6, 6.07) is 9.89. The van der Waals surface area contributed by atoms with Crippen LogP contribution in [-0.4, -0.2) is 25.6 Å². The smallest absolute Gasteiger partial charge is 0.236 e. The van der Waals surface area contributed by atoms with Crippen molar-refractivity contribution in [3.63, 3.8) is 0 Å². The predicted octanol–water partition coefficient (Wildman–Crippen LogP) is 1.27. The molecule has 1 amide bonds. The van der Waals surface area contributed by atoms with Gasteiger partial charge in [0.1, 0.15) is 11.3 Å². The molecule has 6 heteroatoms. The molecule has 1 fully saturated rings. The topological polar surface area (TPSA) is 87.0 Å². The van der Waals surface area contributed by atoms with Gasteiger partial charge in [0.2, 0.25) is 5.91 Å². The Labute approximate surface area is 118 Å². The Balaban J connectivity index is 2.07. The average Bonchev–Trinajstić information content (AvgIpc) is 3.23. The minimum atomic E-state index is -3.67. The van der Waals surface area contributed by atoms with Crippen LogP contribution in [0.4, 0.5) is 0 Å². The van der Waals surface area contributed by atoms with Crippen LogP contribution in [0.25, 0.3) is 0 Å². The minimum absolute atomic E-state index is 0.111. The first-order valence-corrected chi connectivity index (χ1v) is 8.03. The van der Waals surface area contributed by atoms with Crippen molar-refractivity contribution in [3.05, 3.63) is 30.3 Å². The molecule has 0 radical (unpaired) electrons. The van der Waals surface area contributed by atoms with Crippen molar-refractivity contribution in [1.82, 2.24) is 5.32 Å². The summed E-state index contributed by atoms with van der Waals surface area (Å²) in [5.41, 5.74) is -0.969. The molecule has 1 unspecified atom stereocenters. The number of nitriles is 1. The summed E-state index contributed by atoms with van der Waals surface area (Å²) >= 11 is 0. The van der Waals surface area contributed by atoms with E-state index in [1.54, 1.807) is 25.1 Å². The van der Waals surface area contributed by atoms with Crippen LogP contribution in [0, 0.1) is 17.2 Å². The van der Waals surface area contributed by atoms with E-state index in [9.17, 15) is 13.2 Å². The number of hydrogen-bond donors (Lipinski definition) is 1. The molecule has 1 aliphatic carbocycles. The van der Waals surface area contributed by atoms with Crippen molar-refractivity contribution >= 4 is 15.7 Å². The van der Waals surface area contributed by atoms with Crippen molar-refractivity contribution in [2.45, 2.75) is 30.2 Å². The molecule has 5 nitrogen and oxygen atoms in total. The summed E-state index contributed by atoms with van der Waals surface area (Å²) in [5.74, 6) is -1.15. The molecule has 1 aliphatic rings. The van der Waals surface area contributed by atoms with Crippen LogP contribution in [-0.2, 0) is 14.6 Å². The number of benzene rings is 1. The lowest BCUT2D eigenvalue weighted by atomic mass is 9.98. The van der Waals surface area contributed by atoms with E-state index in [1.165, 1.54) is 12.1 Å². The lowest BCUT2D eigenvalue weighted by Crippen LogP contribution is -2.48. The molecule has 1 aromatic carbocycles. The van der Waals surface area contributed by atoms with Crippen molar-refractivity contribution in [2.75, 3.05) is 5.75 Å². The third kappa shape index (κ3) is 3.17. The number of carbonyl (C=O) groups is 1. The van der Waals surface area contributed by atoms with Crippen LogP contribution in [0.2, 0.25) is 0 Å².